The number of piperazine rings is 1. The van der Waals surface area contributed by atoms with E-state index in [0.717, 1.165) is 63.8 Å². The van der Waals surface area contributed by atoms with Crippen LogP contribution in [-0.4, -0.2) is 69.2 Å². The third-order valence-corrected chi connectivity index (χ3v) is 6.33. The second kappa shape index (κ2) is 11.1. The highest BCUT2D eigenvalue weighted by molar-refractivity contribution is 14.0. The SMILES string of the molecule is CN=C(NCC1(CCOC)CC1)N1CCN(Cc2ccc(Br)c(F)c2)CC1.I. The minimum atomic E-state index is -0.196. The zero-order valence-electron chi connectivity index (χ0n) is 16.7. The molecule has 0 amide bonds. The Morgan fingerprint density at radius 1 is 1.29 bits per heavy atom. The van der Waals surface area contributed by atoms with Crippen LogP contribution in [0.25, 0.3) is 0 Å². The van der Waals surface area contributed by atoms with E-state index in [1.165, 1.54) is 12.8 Å². The van der Waals surface area contributed by atoms with Gasteiger partial charge >= 0.3 is 0 Å². The third-order valence-electron chi connectivity index (χ3n) is 5.69. The molecule has 0 aromatic heterocycles. The van der Waals surface area contributed by atoms with Gasteiger partial charge in [0.05, 0.1) is 4.47 Å². The van der Waals surface area contributed by atoms with Gasteiger partial charge < -0.3 is 15.0 Å². The maximum atomic E-state index is 13.7. The van der Waals surface area contributed by atoms with Crippen molar-refractivity contribution in [3.63, 3.8) is 0 Å². The molecular formula is C20H31BrFIN4O. The molecule has 1 aromatic carbocycles. The van der Waals surface area contributed by atoms with Gasteiger partial charge in [-0.3, -0.25) is 9.89 Å². The predicted octanol–water partition coefficient (Wildman–Crippen LogP) is 3.72. The van der Waals surface area contributed by atoms with E-state index in [-0.39, 0.29) is 29.8 Å². The lowest BCUT2D eigenvalue weighted by atomic mass is 10.0. The molecule has 1 aromatic rings. The fraction of sp³-hybridized carbons (Fsp3) is 0.650. The Bertz CT molecular complexity index is 664. The molecule has 1 N–H and O–H groups in total. The number of aliphatic imine (C=N–C) groups is 1. The van der Waals surface area contributed by atoms with Gasteiger partial charge in [0.15, 0.2) is 5.96 Å². The van der Waals surface area contributed by atoms with E-state index in [4.69, 9.17) is 4.74 Å². The van der Waals surface area contributed by atoms with Gasteiger partial charge in [0.25, 0.3) is 0 Å². The molecular weight excluding hydrogens is 538 g/mol. The number of rotatable bonds is 7. The predicted molar refractivity (Wildman–Crippen MR) is 126 cm³/mol. The highest BCUT2D eigenvalue weighted by Gasteiger charge is 2.42. The molecule has 1 saturated carbocycles. The number of nitrogens with one attached hydrogen (secondary N) is 1. The number of guanidine groups is 1. The summed E-state index contributed by atoms with van der Waals surface area (Å²) in [6.45, 7) is 6.36. The second-order valence-electron chi connectivity index (χ2n) is 7.66. The monoisotopic (exact) mass is 568 g/mol. The molecule has 0 spiro atoms. The topological polar surface area (TPSA) is 40.1 Å². The van der Waals surface area contributed by atoms with Crippen LogP contribution in [0.2, 0.25) is 0 Å². The van der Waals surface area contributed by atoms with Gasteiger partial charge in [0, 0.05) is 60.0 Å². The van der Waals surface area contributed by atoms with E-state index in [2.05, 4.69) is 36.0 Å². The van der Waals surface area contributed by atoms with Crippen LogP contribution in [0.1, 0.15) is 24.8 Å². The molecule has 1 aliphatic carbocycles. The first-order valence-electron chi connectivity index (χ1n) is 9.66. The molecule has 1 heterocycles. The van der Waals surface area contributed by atoms with Crippen molar-refractivity contribution in [1.29, 1.82) is 0 Å². The maximum absolute atomic E-state index is 13.7. The molecule has 2 aliphatic rings. The summed E-state index contributed by atoms with van der Waals surface area (Å²) in [6, 6.07) is 5.38. The number of nitrogens with zero attached hydrogens (tertiary/aromatic N) is 3. The van der Waals surface area contributed by atoms with E-state index in [1.807, 2.05) is 13.1 Å². The molecule has 0 unspecified atom stereocenters. The lowest BCUT2D eigenvalue weighted by molar-refractivity contribution is 0.166. The van der Waals surface area contributed by atoms with Crippen molar-refractivity contribution in [3.8, 4) is 0 Å². The fourth-order valence-corrected chi connectivity index (χ4v) is 3.87. The van der Waals surface area contributed by atoms with Gasteiger partial charge in [-0.15, -0.1) is 24.0 Å². The number of methoxy groups -OCH3 is 1. The molecule has 0 atom stereocenters. The van der Waals surface area contributed by atoms with Crippen LogP contribution in [0.4, 0.5) is 4.39 Å². The van der Waals surface area contributed by atoms with Crippen LogP contribution in [0.3, 0.4) is 0 Å². The largest absolute Gasteiger partial charge is 0.385 e. The van der Waals surface area contributed by atoms with Crippen molar-refractivity contribution >= 4 is 45.9 Å². The van der Waals surface area contributed by atoms with E-state index in [1.54, 1.807) is 19.2 Å². The van der Waals surface area contributed by atoms with E-state index >= 15 is 0 Å². The van der Waals surface area contributed by atoms with Crippen molar-refractivity contribution in [3.05, 3.63) is 34.1 Å². The molecule has 0 bridgehead atoms. The Morgan fingerprint density at radius 3 is 2.57 bits per heavy atom. The number of halogens is 3. The quantitative estimate of drug-likeness (QED) is 0.309. The van der Waals surface area contributed by atoms with Crippen molar-refractivity contribution < 1.29 is 9.13 Å². The summed E-state index contributed by atoms with van der Waals surface area (Å²) in [5.41, 5.74) is 1.42. The summed E-state index contributed by atoms with van der Waals surface area (Å²) < 4.78 is 19.5. The Labute approximate surface area is 193 Å². The zero-order valence-corrected chi connectivity index (χ0v) is 20.6. The zero-order chi connectivity index (χ0) is 19.3. The van der Waals surface area contributed by atoms with Gasteiger partial charge in [-0.25, -0.2) is 4.39 Å². The Balaban J connectivity index is 0.00000280. The van der Waals surface area contributed by atoms with Crippen molar-refractivity contribution in [1.82, 2.24) is 15.1 Å². The lowest BCUT2D eigenvalue weighted by Crippen LogP contribution is -2.52. The average molecular weight is 569 g/mol. The minimum Gasteiger partial charge on any atom is -0.385 e. The van der Waals surface area contributed by atoms with Crippen LogP contribution >= 0.6 is 39.9 Å². The molecule has 1 aliphatic heterocycles. The molecule has 28 heavy (non-hydrogen) atoms. The van der Waals surface area contributed by atoms with Gasteiger partial charge in [0.1, 0.15) is 5.82 Å². The summed E-state index contributed by atoms with van der Waals surface area (Å²) in [6.07, 6.45) is 3.67. The molecule has 8 heteroatoms. The molecule has 2 fully saturated rings. The molecule has 3 rings (SSSR count). The highest BCUT2D eigenvalue weighted by Crippen LogP contribution is 2.48. The fourth-order valence-electron chi connectivity index (χ4n) is 3.62. The smallest absolute Gasteiger partial charge is 0.193 e. The summed E-state index contributed by atoms with van der Waals surface area (Å²) in [5.74, 6) is 0.797. The van der Waals surface area contributed by atoms with Crippen LogP contribution in [0.5, 0.6) is 0 Å². The van der Waals surface area contributed by atoms with Crippen molar-refractivity contribution in [2.75, 3.05) is 53.5 Å². The summed E-state index contributed by atoms with van der Waals surface area (Å²) in [4.78, 5) is 9.17. The number of benzene rings is 1. The lowest BCUT2D eigenvalue weighted by Gasteiger charge is -2.37. The van der Waals surface area contributed by atoms with E-state index in [9.17, 15) is 4.39 Å². The number of hydrogen-bond donors (Lipinski definition) is 1. The normalized spacial score (nSPS) is 19.3. The first-order chi connectivity index (χ1) is 13.0. The third kappa shape index (κ3) is 6.53. The van der Waals surface area contributed by atoms with E-state index in [0.29, 0.717) is 9.89 Å². The highest BCUT2D eigenvalue weighted by atomic mass is 127. The Morgan fingerprint density at radius 2 is 2.00 bits per heavy atom. The molecule has 0 radical (unpaired) electrons. The first kappa shape index (κ1) is 23.8. The molecule has 158 valence electrons. The Kier molecular flexibility index (Phi) is 9.43. The minimum absolute atomic E-state index is 0. The average Bonchev–Trinajstić information content (AvgIpc) is 3.45. The summed E-state index contributed by atoms with van der Waals surface area (Å²) in [7, 11) is 3.62. The van der Waals surface area contributed by atoms with Crippen molar-refractivity contribution in [2.45, 2.75) is 25.8 Å². The summed E-state index contributed by atoms with van der Waals surface area (Å²) in [5, 5.41) is 3.58. The maximum Gasteiger partial charge on any atom is 0.193 e. The van der Waals surface area contributed by atoms with Crippen LogP contribution in [0, 0.1) is 11.2 Å². The second-order valence-corrected chi connectivity index (χ2v) is 8.51. The molecule has 5 nitrogen and oxygen atoms in total. The van der Waals surface area contributed by atoms with Crippen molar-refractivity contribution in [2.24, 2.45) is 10.4 Å². The molecule has 1 saturated heterocycles. The first-order valence-corrected chi connectivity index (χ1v) is 10.5. The van der Waals surface area contributed by atoms with Crippen LogP contribution < -0.4 is 5.32 Å². The standard InChI is InChI=1S/C20H30BrFN4O.HI/c1-23-19(24-15-20(5-6-20)7-12-27-2)26-10-8-25(9-11-26)14-16-3-4-17(21)18(22)13-16;/h3-4,13H,5-12,14-15H2,1-2H3,(H,23,24);1H. The van der Waals surface area contributed by atoms with Gasteiger partial charge in [-0.2, -0.15) is 0 Å². The number of hydrogen-bond acceptors (Lipinski definition) is 3. The van der Waals surface area contributed by atoms with Gasteiger partial charge in [0.2, 0.25) is 0 Å². The summed E-state index contributed by atoms with van der Waals surface area (Å²) >= 11 is 3.21. The number of ether oxygens (including phenoxy) is 1. The van der Waals surface area contributed by atoms with Crippen LogP contribution in [-0.2, 0) is 11.3 Å². The van der Waals surface area contributed by atoms with Gasteiger partial charge in [-0.1, -0.05) is 6.07 Å². The van der Waals surface area contributed by atoms with Gasteiger partial charge in [-0.05, 0) is 58.3 Å². The van der Waals surface area contributed by atoms with Crippen LogP contribution in [0.15, 0.2) is 27.7 Å². The van der Waals surface area contributed by atoms with E-state index < -0.39 is 0 Å². The Hall–Kier alpha value is -0.450.